The Morgan fingerprint density at radius 3 is 1.49 bits per heavy atom. The molecule has 0 aliphatic carbocycles. The van der Waals surface area contributed by atoms with Crippen LogP contribution < -0.4 is 3.58 Å². The Morgan fingerprint density at radius 1 is 0.744 bits per heavy atom. The first-order valence-electron chi connectivity index (χ1n) is 12.5. The van der Waals surface area contributed by atoms with Gasteiger partial charge in [-0.2, -0.15) is 0 Å². The van der Waals surface area contributed by atoms with E-state index in [1.807, 2.05) is 40.3 Å². The zero-order chi connectivity index (χ0) is 28.7. The van der Waals surface area contributed by atoms with Gasteiger partial charge in [0, 0.05) is 3.57 Å². The third-order valence-corrected chi connectivity index (χ3v) is 13.2. The van der Waals surface area contributed by atoms with Crippen LogP contribution >= 0.6 is 22.6 Å². The van der Waals surface area contributed by atoms with Gasteiger partial charge < -0.3 is 9.30 Å². The molecule has 0 unspecified atom stereocenters. The second-order valence-corrected chi connectivity index (χ2v) is 25.9. The minimum atomic E-state index is -2.01. The topological polar surface area (TPSA) is 88.2 Å². The fourth-order valence-electron chi connectivity index (χ4n) is 4.08. The smallest absolute Gasteiger partial charge is 0.356 e. The molecule has 39 heavy (non-hydrogen) atoms. The minimum absolute atomic E-state index is 0.0404. The summed E-state index contributed by atoms with van der Waals surface area (Å²) in [7, 11) is 2.75. The number of methoxy groups -OCH3 is 2. The van der Waals surface area contributed by atoms with Crippen LogP contribution in [0.4, 0.5) is 0 Å². The SMILES string of the molecule is COC(=O)c1cncn1[C@H](C)c1cc[c]([Sn]([CH3])([CH3])[CH3])cc1.COC(=O)c1cncn1[C@H](C)c1ccc(I)cc1. The molecule has 0 fully saturated rings. The Balaban J connectivity index is 0.000000218. The predicted molar refractivity (Wildman–Crippen MR) is 163 cm³/mol. The molecule has 10 heteroatoms. The Hall–Kier alpha value is -2.67. The molecule has 0 amide bonds. The van der Waals surface area contributed by atoms with E-state index in [4.69, 9.17) is 9.47 Å². The maximum Gasteiger partial charge on any atom is 0.356 e. The van der Waals surface area contributed by atoms with Crippen molar-refractivity contribution in [1.29, 1.82) is 0 Å². The zero-order valence-corrected chi connectivity index (χ0v) is 28.4. The van der Waals surface area contributed by atoms with Crippen molar-refractivity contribution in [2.45, 2.75) is 40.8 Å². The molecule has 0 N–H and O–H groups in total. The molecule has 2 aromatic heterocycles. The molecule has 0 bridgehead atoms. The third-order valence-electron chi connectivity index (χ3n) is 6.57. The van der Waals surface area contributed by atoms with E-state index < -0.39 is 18.4 Å². The number of halogens is 1. The van der Waals surface area contributed by atoms with E-state index in [9.17, 15) is 9.59 Å². The molecule has 2 aromatic carbocycles. The number of benzene rings is 2. The van der Waals surface area contributed by atoms with Crippen molar-refractivity contribution in [3.05, 3.63) is 99.7 Å². The molecule has 0 radical (unpaired) electrons. The summed E-state index contributed by atoms with van der Waals surface area (Å²) in [4.78, 5) is 38.6. The number of esters is 2. The van der Waals surface area contributed by atoms with Crippen LogP contribution in [0.2, 0.25) is 14.8 Å². The minimum Gasteiger partial charge on any atom is -0.464 e. The molecule has 0 spiro atoms. The van der Waals surface area contributed by atoms with E-state index >= 15 is 0 Å². The van der Waals surface area contributed by atoms with Crippen molar-refractivity contribution in [3.63, 3.8) is 0 Å². The fourth-order valence-corrected chi connectivity index (χ4v) is 7.77. The summed E-state index contributed by atoms with van der Waals surface area (Å²) in [5.41, 5.74) is 3.23. The molecule has 0 aliphatic rings. The average molecular weight is 749 g/mol. The first-order chi connectivity index (χ1) is 18.5. The second-order valence-electron chi connectivity index (χ2n) is 10.1. The largest absolute Gasteiger partial charge is 0.464 e. The molecule has 8 nitrogen and oxygen atoms in total. The number of aromatic nitrogens is 4. The number of carbonyl (C=O) groups is 2. The number of carbonyl (C=O) groups excluding carboxylic acids is 2. The van der Waals surface area contributed by atoms with Gasteiger partial charge in [0.05, 0.1) is 25.7 Å². The summed E-state index contributed by atoms with van der Waals surface area (Å²) in [6.45, 7) is 4.08. The van der Waals surface area contributed by atoms with E-state index in [0.717, 1.165) is 11.1 Å². The number of ether oxygens (including phenoxy) is 2. The van der Waals surface area contributed by atoms with Crippen LogP contribution in [-0.4, -0.2) is 63.6 Å². The van der Waals surface area contributed by atoms with Gasteiger partial charge in [-0.25, -0.2) is 9.78 Å². The summed E-state index contributed by atoms with van der Waals surface area (Å²) < 4.78 is 15.9. The number of hydrogen-bond donors (Lipinski definition) is 0. The molecule has 206 valence electrons. The fraction of sp³-hybridized carbons (Fsp3) is 0.310. The van der Waals surface area contributed by atoms with Crippen LogP contribution in [0.15, 0.2) is 73.6 Å². The maximum atomic E-state index is 11.7. The molecule has 0 saturated heterocycles. The Kier molecular flexibility index (Phi) is 10.8. The van der Waals surface area contributed by atoms with Crippen LogP contribution in [0.5, 0.6) is 0 Å². The molecule has 0 saturated carbocycles. The molecule has 2 atom stereocenters. The van der Waals surface area contributed by atoms with Gasteiger partial charge >= 0.3 is 136 Å². The maximum absolute atomic E-state index is 11.7. The van der Waals surface area contributed by atoms with E-state index in [-0.39, 0.29) is 24.0 Å². The van der Waals surface area contributed by atoms with Crippen LogP contribution in [0.1, 0.15) is 58.0 Å². The van der Waals surface area contributed by atoms with Crippen molar-refractivity contribution >= 4 is 56.5 Å². The third kappa shape index (κ3) is 7.71. The van der Waals surface area contributed by atoms with E-state index in [1.165, 1.54) is 27.6 Å². The molecule has 4 aromatic rings. The van der Waals surface area contributed by atoms with Crippen molar-refractivity contribution in [2.75, 3.05) is 14.2 Å². The van der Waals surface area contributed by atoms with Gasteiger partial charge in [-0.3, -0.25) is 0 Å². The van der Waals surface area contributed by atoms with Crippen molar-refractivity contribution in [2.24, 2.45) is 0 Å². The normalized spacial score (nSPS) is 12.6. The Labute approximate surface area is 247 Å². The number of imidazole rings is 2. The number of hydrogen-bond acceptors (Lipinski definition) is 6. The van der Waals surface area contributed by atoms with E-state index in [2.05, 4.69) is 78.6 Å². The number of rotatable bonds is 7. The number of nitrogens with zero attached hydrogens (tertiary/aromatic N) is 4. The molecule has 2 heterocycles. The molecule has 4 rings (SSSR count). The molecule has 0 aliphatic heterocycles. The van der Waals surface area contributed by atoms with Gasteiger partial charge in [-0.15, -0.1) is 0 Å². The van der Waals surface area contributed by atoms with Crippen molar-refractivity contribution in [1.82, 2.24) is 19.1 Å². The van der Waals surface area contributed by atoms with Crippen molar-refractivity contribution < 1.29 is 19.1 Å². The van der Waals surface area contributed by atoms with Gasteiger partial charge in [-0.05, 0) is 47.2 Å². The van der Waals surface area contributed by atoms with Crippen LogP contribution in [0.25, 0.3) is 0 Å². The Morgan fingerprint density at radius 2 is 1.13 bits per heavy atom. The summed E-state index contributed by atoms with van der Waals surface area (Å²) >= 11 is 0.252. The van der Waals surface area contributed by atoms with Gasteiger partial charge in [0.1, 0.15) is 5.69 Å². The predicted octanol–water partition coefficient (Wildman–Crippen LogP) is 5.71. The first kappa shape index (κ1) is 30.9. The average Bonchev–Trinajstić information content (AvgIpc) is 3.62. The summed E-state index contributed by atoms with van der Waals surface area (Å²) in [5, 5.41) is 0. The van der Waals surface area contributed by atoms with Crippen LogP contribution in [0, 0.1) is 3.57 Å². The van der Waals surface area contributed by atoms with Gasteiger partial charge in [0.2, 0.25) is 0 Å². The molecular weight excluding hydrogens is 714 g/mol. The summed E-state index contributed by atoms with van der Waals surface area (Å²) in [5.74, 6) is -0.730. The summed E-state index contributed by atoms with van der Waals surface area (Å²) in [6, 6.07) is 17.0. The zero-order valence-electron chi connectivity index (χ0n) is 23.4. The summed E-state index contributed by atoms with van der Waals surface area (Å²) in [6.07, 6.45) is 6.39. The van der Waals surface area contributed by atoms with Gasteiger partial charge in [0.15, 0.2) is 0 Å². The second kappa shape index (κ2) is 13.6. The Bertz CT molecular complexity index is 1390. The monoisotopic (exact) mass is 750 g/mol. The van der Waals surface area contributed by atoms with Gasteiger partial charge in [-0.1, -0.05) is 12.1 Å². The van der Waals surface area contributed by atoms with E-state index in [0.29, 0.717) is 11.4 Å². The van der Waals surface area contributed by atoms with Crippen molar-refractivity contribution in [3.8, 4) is 0 Å². The quantitative estimate of drug-likeness (QED) is 0.137. The van der Waals surface area contributed by atoms with Gasteiger partial charge in [0.25, 0.3) is 0 Å². The molecular formula is C29H35IN4O4Sn. The van der Waals surface area contributed by atoms with E-state index in [1.54, 1.807) is 18.9 Å². The first-order valence-corrected chi connectivity index (χ1v) is 23.6. The van der Waals surface area contributed by atoms with Crippen LogP contribution in [0.3, 0.4) is 0 Å². The standard InChI is InChI=1S/C13H13IN2O2.C13H13N2O2.3CH3.Sn/c1-9(10-3-5-11(14)6-4-10)16-8-15-7-12(16)13(17)18-2;1-10(11-6-4-3-5-7-11)15-9-14-8-12(15)13(16)17-2;;;;/h3-9H,1-2H3;4-10H,1-2H3;3*1H3;/t9-;10-;;;;/m11..../s1. The van der Waals surface area contributed by atoms with Crippen LogP contribution in [-0.2, 0) is 9.47 Å².